The van der Waals surface area contributed by atoms with Crippen LogP contribution >= 0.6 is 15.9 Å². The number of nitrogens with one attached hydrogen (secondary N) is 1. The van der Waals surface area contributed by atoms with E-state index in [1.54, 1.807) is 4.90 Å². The van der Waals surface area contributed by atoms with Gasteiger partial charge >= 0.3 is 0 Å². The van der Waals surface area contributed by atoms with Crippen LogP contribution in [0.2, 0.25) is 0 Å². The Labute approximate surface area is 144 Å². The fourth-order valence-corrected chi connectivity index (χ4v) is 3.07. The standard InChI is InChI=1S/C18H19BrN2O2/c1-12-8-15(13(2)19)18-20-16(9-17(22)21(18)10-12)23-11-14-6-4-3-5-7-14/h3-10,13,18,20H,11H2,1-2H3. The molecular formula is C18H19BrN2O2. The van der Waals surface area contributed by atoms with Crippen molar-refractivity contribution in [2.24, 2.45) is 0 Å². The van der Waals surface area contributed by atoms with E-state index in [9.17, 15) is 4.79 Å². The van der Waals surface area contributed by atoms with Crippen LogP contribution in [0.5, 0.6) is 0 Å². The number of alkyl halides is 1. The first-order valence-electron chi connectivity index (χ1n) is 7.56. The van der Waals surface area contributed by atoms with Crippen molar-refractivity contribution in [1.82, 2.24) is 10.2 Å². The first kappa shape index (κ1) is 15.9. The Morgan fingerprint density at radius 2 is 2.04 bits per heavy atom. The average molecular weight is 375 g/mol. The molecule has 2 unspecified atom stereocenters. The second-order valence-corrected chi connectivity index (χ2v) is 7.08. The maximum atomic E-state index is 12.4. The van der Waals surface area contributed by atoms with Crippen LogP contribution in [0, 0.1) is 0 Å². The van der Waals surface area contributed by atoms with Crippen molar-refractivity contribution in [3.63, 3.8) is 0 Å². The van der Waals surface area contributed by atoms with E-state index in [4.69, 9.17) is 4.74 Å². The van der Waals surface area contributed by atoms with Crippen LogP contribution in [0.15, 0.2) is 65.7 Å². The predicted molar refractivity (Wildman–Crippen MR) is 93.3 cm³/mol. The van der Waals surface area contributed by atoms with Crippen LogP contribution in [-0.4, -0.2) is 21.8 Å². The molecule has 5 heteroatoms. The van der Waals surface area contributed by atoms with Crippen LogP contribution in [0.3, 0.4) is 0 Å². The second-order valence-electron chi connectivity index (χ2n) is 5.71. The third kappa shape index (κ3) is 3.50. The molecule has 3 rings (SSSR count). The van der Waals surface area contributed by atoms with Crippen molar-refractivity contribution in [2.45, 2.75) is 31.4 Å². The lowest BCUT2D eigenvalue weighted by Gasteiger charge is -2.39. The number of halogens is 1. The number of amides is 1. The predicted octanol–water partition coefficient (Wildman–Crippen LogP) is 3.43. The Morgan fingerprint density at radius 3 is 2.74 bits per heavy atom. The van der Waals surface area contributed by atoms with E-state index >= 15 is 0 Å². The minimum Gasteiger partial charge on any atom is -0.474 e. The SMILES string of the molecule is CC1=CN2C(=O)C=C(OCc3ccccc3)NC2C(C(C)Br)=C1. The Bertz CT molecular complexity index is 692. The number of ether oxygens (including phenoxy) is 1. The van der Waals surface area contributed by atoms with Gasteiger partial charge in [-0.1, -0.05) is 52.3 Å². The number of benzene rings is 1. The van der Waals surface area contributed by atoms with Crippen molar-refractivity contribution in [3.05, 3.63) is 71.3 Å². The van der Waals surface area contributed by atoms with E-state index < -0.39 is 0 Å². The molecule has 23 heavy (non-hydrogen) atoms. The van der Waals surface area contributed by atoms with E-state index in [1.165, 1.54) is 6.08 Å². The third-order valence-electron chi connectivity index (χ3n) is 3.82. The van der Waals surface area contributed by atoms with Crippen LogP contribution in [0.4, 0.5) is 0 Å². The fraction of sp³-hybridized carbons (Fsp3) is 0.278. The highest BCUT2D eigenvalue weighted by Crippen LogP contribution is 2.28. The van der Waals surface area contributed by atoms with E-state index in [-0.39, 0.29) is 16.9 Å². The molecule has 2 heterocycles. The van der Waals surface area contributed by atoms with Crippen molar-refractivity contribution in [1.29, 1.82) is 0 Å². The molecule has 0 radical (unpaired) electrons. The van der Waals surface area contributed by atoms with Gasteiger partial charge in [0.05, 0.1) is 6.08 Å². The number of fused-ring (bicyclic) bond motifs is 1. The quantitative estimate of drug-likeness (QED) is 0.820. The molecule has 0 saturated carbocycles. The highest BCUT2D eigenvalue weighted by molar-refractivity contribution is 9.09. The minimum atomic E-state index is -0.212. The summed E-state index contributed by atoms with van der Waals surface area (Å²) in [4.78, 5) is 14.3. The highest BCUT2D eigenvalue weighted by Gasteiger charge is 2.33. The zero-order chi connectivity index (χ0) is 16.4. The normalized spacial score (nSPS) is 21.5. The number of rotatable bonds is 4. The summed E-state index contributed by atoms with van der Waals surface area (Å²) in [6.07, 6.45) is 5.26. The van der Waals surface area contributed by atoms with E-state index in [2.05, 4.69) is 34.2 Å². The minimum absolute atomic E-state index is 0.0742. The van der Waals surface area contributed by atoms with Gasteiger partial charge in [0.2, 0.25) is 0 Å². The highest BCUT2D eigenvalue weighted by atomic mass is 79.9. The first-order valence-corrected chi connectivity index (χ1v) is 8.47. The summed E-state index contributed by atoms with van der Waals surface area (Å²) in [5, 5.41) is 3.31. The lowest BCUT2D eigenvalue weighted by Crippen LogP contribution is -2.52. The Hall–Kier alpha value is -2.01. The summed E-state index contributed by atoms with van der Waals surface area (Å²) in [6, 6.07) is 9.90. The molecule has 1 N–H and O–H groups in total. The maximum absolute atomic E-state index is 12.4. The van der Waals surface area contributed by atoms with E-state index in [1.807, 2.05) is 43.5 Å². The van der Waals surface area contributed by atoms with Gasteiger partial charge in [0.1, 0.15) is 12.8 Å². The van der Waals surface area contributed by atoms with Crippen molar-refractivity contribution >= 4 is 21.8 Å². The van der Waals surface area contributed by atoms with Crippen LogP contribution in [-0.2, 0) is 16.1 Å². The van der Waals surface area contributed by atoms with Crippen molar-refractivity contribution in [3.8, 4) is 0 Å². The number of hydrogen-bond acceptors (Lipinski definition) is 3. The topological polar surface area (TPSA) is 41.6 Å². The van der Waals surface area contributed by atoms with Crippen LogP contribution in [0.25, 0.3) is 0 Å². The lowest BCUT2D eigenvalue weighted by molar-refractivity contribution is -0.127. The first-order chi connectivity index (χ1) is 11.0. The van der Waals surface area contributed by atoms with Gasteiger partial charge in [-0.05, 0) is 30.6 Å². The molecule has 0 fully saturated rings. The molecule has 0 aliphatic carbocycles. The second kappa shape index (κ2) is 6.62. The molecular weight excluding hydrogens is 356 g/mol. The third-order valence-corrected chi connectivity index (χ3v) is 4.34. The van der Waals surface area contributed by atoms with Gasteiger partial charge in [-0.15, -0.1) is 0 Å². The smallest absolute Gasteiger partial charge is 0.257 e. The lowest BCUT2D eigenvalue weighted by atomic mass is 10.0. The van der Waals surface area contributed by atoms with Crippen molar-refractivity contribution < 1.29 is 9.53 Å². The summed E-state index contributed by atoms with van der Waals surface area (Å²) < 4.78 is 5.78. The van der Waals surface area contributed by atoms with Gasteiger partial charge in [-0.25, -0.2) is 0 Å². The molecule has 1 aromatic rings. The molecule has 0 saturated heterocycles. The molecule has 2 aliphatic rings. The Kier molecular flexibility index (Phi) is 4.57. The summed E-state index contributed by atoms with van der Waals surface area (Å²) >= 11 is 3.61. The molecule has 1 amide bonds. The van der Waals surface area contributed by atoms with Crippen LogP contribution in [0.1, 0.15) is 19.4 Å². The van der Waals surface area contributed by atoms with Gasteiger partial charge in [0.25, 0.3) is 5.91 Å². The summed E-state index contributed by atoms with van der Waals surface area (Å²) in [7, 11) is 0. The largest absolute Gasteiger partial charge is 0.474 e. The molecule has 0 spiro atoms. The van der Waals surface area contributed by atoms with Gasteiger partial charge in [0.15, 0.2) is 5.88 Å². The number of hydrogen-bond donors (Lipinski definition) is 1. The summed E-state index contributed by atoms with van der Waals surface area (Å²) in [5.74, 6) is 0.432. The fourth-order valence-electron chi connectivity index (χ4n) is 2.69. The molecule has 2 aliphatic heterocycles. The van der Waals surface area contributed by atoms with Gasteiger partial charge < -0.3 is 10.1 Å². The Balaban J connectivity index is 1.77. The zero-order valence-electron chi connectivity index (χ0n) is 13.1. The Morgan fingerprint density at radius 1 is 1.30 bits per heavy atom. The zero-order valence-corrected chi connectivity index (χ0v) is 14.7. The van der Waals surface area contributed by atoms with Crippen molar-refractivity contribution in [2.75, 3.05) is 0 Å². The molecule has 4 nitrogen and oxygen atoms in total. The molecule has 0 aromatic heterocycles. The van der Waals surface area contributed by atoms with E-state index in [0.29, 0.717) is 12.5 Å². The summed E-state index contributed by atoms with van der Waals surface area (Å²) in [5.41, 5.74) is 3.22. The van der Waals surface area contributed by atoms with E-state index in [0.717, 1.165) is 16.7 Å². The monoisotopic (exact) mass is 374 g/mol. The van der Waals surface area contributed by atoms with Gasteiger partial charge in [0, 0.05) is 11.0 Å². The number of nitrogens with zero attached hydrogens (tertiary/aromatic N) is 1. The summed E-state index contributed by atoms with van der Waals surface area (Å²) in [6.45, 7) is 4.47. The molecule has 2 atom stereocenters. The van der Waals surface area contributed by atoms with Crippen LogP contribution < -0.4 is 5.32 Å². The average Bonchev–Trinajstić information content (AvgIpc) is 2.54. The number of carbonyl (C=O) groups is 1. The molecule has 120 valence electrons. The molecule has 1 aromatic carbocycles. The van der Waals surface area contributed by atoms with Gasteiger partial charge in [-0.2, -0.15) is 0 Å². The number of carbonyl (C=O) groups excluding carboxylic acids is 1. The maximum Gasteiger partial charge on any atom is 0.257 e. The molecule has 0 bridgehead atoms. The number of allylic oxidation sites excluding steroid dienone is 2. The van der Waals surface area contributed by atoms with Gasteiger partial charge in [-0.3, -0.25) is 9.69 Å².